The van der Waals surface area contributed by atoms with Gasteiger partial charge >= 0.3 is 0 Å². The van der Waals surface area contributed by atoms with Crippen molar-refractivity contribution in [2.75, 3.05) is 11.9 Å². The van der Waals surface area contributed by atoms with E-state index in [2.05, 4.69) is 15.9 Å². The summed E-state index contributed by atoms with van der Waals surface area (Å²) >= 11 is 3.33. The van der Waals surface area contributed by atoms with Crippen LogP contribution < -0.4 is 4.90 Å². The molecule has 0 radical (unpaired) electrons. The minimum Gasteiger partial charge on any atom is -0.311 e. The summed E-state index contributed by atoms with van der Waals surface area (Å²) in [5.41, 5.74) is 1.13. The third-order valence-corrected chi connectivity index (χ3v) is 3.55. The van der Waals surface area contributed by atoms with Crippen LogP contribution in [-0.2, 0) is 0 Å². The van der Waals surface area contributed by atoms with Crippen molar-refractivity contribution in [2.24, 2.45) is 0 Å². The predicted molar refractivity (Wildman–Crippen MR) is 80.0 cm³/mol. The zero-order valence-electron chi connectivity index (χ0n) is 10.6. The van der Waals surface area contributed by atoms with Crippen molar-refractivity contribution in [3.63, 3.8) is 0 Å². The van der Waals surface area contributed by atoms with Crippen LogP contribution in [0.1, 0.15) is 10.4 Å². The molecule has 0 unspecified atom stereocenters. The van der Waals surface area contributed by atoms with Gasteiger partial charge in [0.1, 0.15) is 0 Å². The second-order valence-electron chi connectivity index (χ2n) is 4.12. The Labute approximate surface area is 124 Å². The van der Waals surface area contributed by atoms with E-state index in [9.17, 15) is 14.9 Å². The molecule has 1 amide bonds. The number of amides is 1. The van der Waals surface area contributed by atoms with Crippen molar-refractivity contribution in [2.45, 2.75) is 0 Å². The van der Waals surface area contributed by atoms with E-state index in [1.54, 1.807) is 37.4 Å². The molecular formula is C14H11BrN2O3. The number of nitrogens with zero attached hydrogens (tertiary/aromatic N) is 2. The van der Waals surface area contributed by atoms with E-state index >= 15 is 0 Å². The molecule has 0 heterocycles. The van der Waals surface area contributed by atoms with Crippen LogP contribution in [0.2, 0.25) is 0 Å². The molecule has 2 aromatic rings. The number of hydrogen-bond donors (Lipinski definition) is 0. The van der Waals surface area contributed by atoms with Gasteiger partial charge in [0.25, 0.3) is 11.6 Å². The van der Waals surface area contributed by atoms with Crippen LogP contribution in [0.15, 0.2) is 53.0 Å². The van der Waals surface area contributed by atoms with Gasteiger partial charge in [0.2, 0.25) is 0 Å². The molecule has 20 heavy (non-hydrogen) atoms. The Hall–Kier alpha value is -2.21. The second kappa shape index (κ2) is 5.83. The predicted octanol–water partition coefficient (Wildman–Crippen LogP) is 3.63. The summed E-state index contributed by atoms with van der Waals surface area (Å²) in [6, 6.07) is 13.0. The third-order valence-electron chi connectivity index (χ3n) is 2.86. The highest BCUT2D eigenvalue weighted by Gasteiger charge is 2.16. The highest BCUT2D eigenvalue weighted by molar-refractivity contribution is 9.10. The number of nitro benzene ring substituents is 1. The van der Waals surface area contributed by atoms with Crippen molar-refractivity contribution in [1.82, 2.24) is 0 Å². The first-order valence-electron chi connectivity index (χ1n) is 5.78. The number of benzene rings is 2. The van der Waals surface area contributed by atoms with Gasteiger partial charge in [-0.2, -0.15) is 0 Å². The summed E-state index contributed by atoms with van der Waals surface area (Å²) < 4.78 is 0.707. The van der Waals surface area contributed by atoms with Crippen LogP contribution in [-0.4, -0.2) is 17.9 Å². The van der Waals surface area contributed by atoms with Crippen LogP contribution in [0.3, 0.4) is 0 Å². The van der Waals surface area contributed by atoms with Crippen LogP contribution in [0, 0.1) is 10.1 Å². The number of rotatable bonds is 3. The molecule has 0 saturated heterocycles. The maximum Gasteiger partial charge on any atom is 0.269 e. The lowest BCUT2D eigenvalue weighted by Crippen LogP contribution is -2.26. The smallest absolute Gasteiger partial charge is 0.269 e. The number of nitro groups is 1. The van der Waals surface area contributed by atoms with Crippen LogP contribution in [0.25, 0.3) is 0 Å². The van der Waals surface area contributed by atoms with Gasteiger partial charge in [0, 0.05) is 29.3 Å². The molecule has 6 heteroatoms. The molecule has 2 rings (SSSR count). The maximum absolute atomic E-state index is 12.3. The highest BCUT2D eigenvalue weighted by atomic mass is 79.9. The van der Waals surface area contributed by atoms with Gasteiger partial charge in [0.05, 0.1) is 10.5 Å². The molecule has 0 spiro atoms. The van der Waals surface area contributed by atoms with E-state index in [-0.39, 0.29) is 11.6 Å². The topological polar surface area (TPSA) is 63.5 Å². The van der Waals surface area contributed by atoms with E-state index in [0.717, 1.165) is 0 Å². The summed E-state index contributed by atoms with van der Waals surface area (Å²) in [5.74, 6) is -0.189. The molecule has 0 N–H and O–H groups in total. The molecule has 0 fully saturated rings. The number of hydrogen-bond acceptors (Lipinski definition) is 3. The standard InChI is InChI=1S/C14H11BrN2O3/c1-16(10-6-8-11(9-7-10)17(19)20)14(18)12-4-2-3-5-13(12)15/h2-9H,1H3. The lowest BCUT2D eigenvalue weighted by molar-refractivity contribution is -0.384. The summed E-state index contributed by atoms with van der Waals surface area (Å²) in [4.78, 5) is 23.9. The van der Waals surface area contributed by atoms with Crippen LogP contribution in [0.5, 0.6) is 0 Å². The van der Waals surface area contributed by atoms with Crippen molar-refractivity contribution < 1.29 is 9.72 Å². The van der Waals surface area contributed by atoms with Gasteiger partial charge in [0.15, 0.2) is 0 Å². The van der Waals surface area contributed by atoms with E-state index in [4.69, 9.17) is 0 Å². The third kappa shape index (κ3) is 2.85. The van der Waals surface area contributed by atoms with E-state index in [0.29, 0.717) is 15.7 Å². The normalized spacial score (nSPS) is 10.1. The van der Waals surface area contributed by atoms with Crippen molar-refractivity contribution >= 4 is 33.2 Å². The van der Waals surface area contributed by atoms with Gasteiger partial charge in [-0.05, 0) is 40.2 Å². The fraction of sp³-hybridized carbons (Fsp3) is 0.0714. The number of carbonyl (C=O) groups is 1. The fourth-order valence-electron chi connectivity index (χ4n) is 1.73. The minimum absolute atomic E-state index is 0.00418. The summed E-state index contributed by atoms with van der Waals surface area (Å²) in [6.07, 6.45) is 0. The first kappa shape index (κ1) is 14.2. The maximum atomic E-state index is 12.3. The Morgan fingerprint density at radius 1 is 1.15 bits per heavy atom. The quantitative estimate of drug-likeness (QED) is 0.635. The van der Waals surface area contributed by atoms with Gasteiger partial charge in [-0.3, -0.25) is 14.9 Å². The molecule has 0 aliphatic heterocycles. The minimum atomic E-state index is -0.473. The molecule has 0 aliphatic carbocycles. The summed E-state index contributed by atoms with van der Waals surface area (Å²) in [5, 5.41) is 10.6. The Balaban J connectivity index is 2.27. The first-order chi connectivity index (χ1) is 9.50. The average Bonchev–Trinajstić information content (AvgIpc) is 2.46. The zero-order valence-corrected chi connectivity index (χ0v) is 12.2. The SMILES string of the molecule is CN(C(=O)c1ccccc1Br)c1ccc([N+](=O)[O-])cc1. The summed E-state index contributed by atoms with van der Waals surface area (Å²) in [7, 11) is 1.63. The molecule has 2 aromatic carbocycles. The number of carbonyl (C=O) groups excluding carboxylic acids is 1. The Morgan fingerprint density at radius 2 is 1.75 bits per heavy atom. The molecule has 0 atom stereocenters. The van der Waals surface area contributed by atoms with Crippen LogP contribution in [0.4, 0.5) is 11.4 Å². The number of halogens is 1. The van der Waals surface area contributed by atoms with Gasteiger partial charge in [-0.15, -0.1) is 0 Å². The Kier molecular flexibility index (Phi) is 4.14. The molecule has 0 aliphatic rings. The van der Waals surface area contributed by atoms with Crippen molar-refractivity contribution in [3.05, 3.63) is 68.7 Å². The molecule has 0 bridgehead atoms. The van der Waals surface area contributed by atoms with E-state index < -0.39 is 4.92 Å². The zero-order chi connectivity index (χ0) is 14.7. The van der Waals surface area contributed by atoms with Gasteiger partial charge < -0.3 is 4.90 Å². The molecule has 5 nitrogen and oxygen atoms in total. The van der Waals surface area contributed by atoms with Gasteiger partial charge in [-0.25, -0.2) is 0 Å². The van der Waals surface area contributed by atoms with Crippen molar-refractivity contribution in [1.29, 1.82) is 0 Å². The largest absolute Gasteiger partial charge is 0.311 e. The molecule has 0 saturated carbocycles. The lowest BCUT2D eigenvalue weighted by atomic mass is 10.2. The van der Waals surface area contributed by atoms with Crippen LogP contribution >= 0.6 is 15.9 Å². The fourth-order valence-corrected chi connectivity index (χ4v) is 2.18. The van der Waals surface area contributed by atoms with Crippen molar-refractivity contribution in [3.8, 4) is 0 Å². The number of non-ortho nitro benzene ring substituents is 1. The lowest BCUT2D eigenvalue weighted by Gasteiger charge is -2.17. The molecule has 102 valence electrons. The Bertz CT molecular complexity index is 656. The van der Waals surface area contributed by atoms with Gasteiger partial charge in [-0.1, -0.05) is 12.1 Å². The summed E-state index contributed by atoms with van der Waals surface area (Å²) in [6.45, 7) is 0. The molecular weight excluding hydrogens is 324 g/mol. The van der Waals surface area contributed by atoms with E-state index in [1.807, 2.05) is 6.07 Å². The highest BCUT2D eigenvalue weighted by Crippen LogP contribution is 2.23. The second-order valence-corrected chi connectivity index (χ2v) is 4.97. The van der Waals surface area contributed by atoms with E-state index in [1.165, 1.54) is 17.0 Å². The number of anilines is 1. The Morgan fingerprint density at radius 3 is 2.30 bits per heavy atom. The first-order valence-corrected chi connectivity index (χ1v) is 6.57. The average molecular weight is 335 g/mol. The monoisotopic (exact) mass is 334 g/mol. The molecule has 0 aromatic heterocycles.